The van der Waals surface area contributed by atoms with E-state index in [1.165, 1.54) is 17.5 Å². The smallest absolute Gasteiger partial charge is 0.251 e. The maximum atomic E-state index is 13.2. The first kappa shape index (κ1) is 21.1. The predicted octanol–water partition coefficient (Wildman–Crippen LogP) is 3.70. The molecule has 30 heavy (non-hydrogen) atoms. The highest BCUT2D eigenvalue weighted by molar-refractivity contribution is 7.89. The van der Waals surface area contributed by atoms with Gasteiger partial charge < -0.3 is 5.32 Å². The first-order valence-corrected chi connectivity index (χ1v) is 12.3. The molecular formula is C24H30N2O3S. The van der Waals surface area contributed by atoms with Gasteiger partial charge in [-0.1, -0.05) is 23.8 Å². The van der Waals surface area contributed by atoms with Crippen molar-refractivity contribution in [3.05, 3.63) is 64.7 Å². The van der Waals surface area contributed by atoms with E-state index in [0.717, 1.165) is 37.7 Å². The van der Waals surface area contributed by atoms with Crippen molar-refractivity contribution in [3.8, 4) is 0 Å². The number of piperidine rings is 1. The number of carbonyl (C=O) groups is 1. The monoisotopic (exact) mass is 426 g/mol. The van der Waals surface area contributed by atoms with Crippen LogP contribution < -0.4 is 5.32 Å². The number of fused-ring (bicyclic) bond motifs is 1. The summed E-state index contributed by atoms with van der Waals surface area (Å²) in [6.45, 7) is 3.47. The van der Waals surface area contributed by atoms with E-state index in [0.29, 0.717) is 30.1 Å². The Balaban J connectivity index is 1.40. The lowest BCUT2D eigenvalue weighted by molar-refractivity contribution is 0.0941. The van der Waals surface area contributed by atoms with Gasteiger partial charge in [0.15, 0.2) is 0 Å². The lowest BCUT2D eigenvalue weighted by Gasteiger charge is -2.32. The third-order valence-corrected chi connectivity index (χ3v) is 8.17. The number of hydrogen-bond acceptors (Lipinski definition) is 3. The Bertz CT molecular complexity index is 1020. The van der Waals surface area contributed by atoms with Crippen molar-refractivity contribution in [2.45, 2.75) is 50.3 Å². The van der Waals surface area contributed by atoms with Crippen LogP contribution in [0.5, 0.6) is 0 Å². The minimum Gasteiger partial charge on any atom is -0.352 e. The molecule has 160 valence electrons. The summed E-state index contributed by atoms with van der Waals surface area (Å²) in [5.41, 5.74) is 4.22. The SMILES string of the molecule is Cc1ccc(C(=O)NC[C@H]2CCCN(S(=O)(=O)c3ccc4c(c3)CCCC4)C2)cc1. The molecule has 1 fully saturated rings. The quantitative estimate of drug-likeness (QED) is 0.793. The fourth-order valence-corrected chi connectivity index (χ4v) is 6.08. The van der Waals surface area contributed by atoms with Gasteiger partial charge in [-0.25, -0.2) is 8.42 Å². The topological polar surface area (TPSA) is 66.5 Å². The van der Waals surface area contributed by atoms with E-state index in [4.69, 9.17) is 0 Å². The van der Waals surface area contributed by atoms with Crippen molar-refractivity contribution in [2.75, 3.05) is 19.6 Å². The molecule has 5 nitrogen and oxygen atoms in total. The van der Waals surface area contributed by atoms with Crippen LogP contribution in [0.3, 0.4) is 0 Å². The number of amides is 1. The lowest BCUT2D eigenvalue weighted by atomic mass is 9.92. The van der Waals surface area contributed by atoms with Crippen LogP contribution >= 0.6 is 0 Å². The number of benzene rings is 2. The Morgan fingerprint density at radius 1 is 1.03 bits per heavy atom. The zero-order valence-electron chi connectivity index (χ0n) is 17.6. The molecule has 2 aliphatic rings. The van der Waals surface area contributed by atoms with Crippen molar-refractivity contribution in [3.63, 3.8) is 0 Å². The Morgan fingerprint density at radius 3 is 2.53 bits per heavy atom. The molecule has 2 aromatic rings. The Morgan fingerprint density at radius 2 is 1.77 bits per heavy atom. The van der Waals surface area contributed by atoms with Crippen molar-refractivity contribution in [1.29, 1.82) is 0 Å². The van der Waals surface area contributed by atoms with Crippen molar-refractivity contribution in [1.82, 2.24) is 9.62 Å². The molecule has 1 amide bonds. The molecule has 0 saturated carbocycles. The fraction of sp³-hybridized carbons (Fsp3) is 0.458. The third-order valence-electron chi connectivity index (χ3n) is 6.30. The van der Waals surface area contributed by atoms with E-state index in [1.807, 2.05) is 43.3 Å². The van der Waals surface area contributed by atoms with Gasteiger partial charge in [0, 0.05) is 25.2 Å². The van der Waals surface area contributed by atoms with Crippen LogP contribution in [-0.4, -0.2) is 38.3 Å². The van der Waals surface area contributed by atoms with Gasteiger partial charge in [-0.2, -0.15) is 4.31 Å². The molecule has 1 aliphatic carbocycles. The molecule has 1 N–H and O–H groups in total. The second kappa shape index (κ2) is 8.90. The average Bonchev–Trinajstić information content (AvgIpc) is 2.78. The molecule has 4 rings (SSSR count). The summed E-state index contributed by atoms with van der Waals surface area (Å²) in [6.07, 6.45) is 6.05. The molecule has 1 heterocycles. The van der Waals surface area contributed by atoms with Gasteiger partial charge in [0.25, 0.3) is 5.91 Å². The first-order chi connectivity index (χ1) is 14.4. The molecule has 1 saturated heterocycles. The number of nitrogens with one attached hydrogen (secondary N) is 1. The first-order valence-electron chi connectivity index (χ1n) is 10.9. The molecule has 1 atom stereocenters. The highest BCUT2D eigenvalue weighted by atomic mass is 32.2. The Labute approximate surface area is 179 Å². The van der Waals surface area contributed by atoms with E-state index in [1.54, 1.807) is 10.4 Å². The largest absolute Gasteiger partial charge is 0.352 e. The molecule has 0 unspecified atom stereocenters. The third kappa shape index (κ3) is 4.60. The number of carbonyl (C=O) groups excluding carboxylic acids is 1. The van der Waals surface area contributed by atoms with Crippen LogP contribution in [-0.2, 0) is 22.9 Å². The summed E-state index contributed by atoms with van der Waals surface area (Å²) in [5, 5.41) is 2.98. The van der Waals surface area contributed by atoms with Crippen molar-refractivity contribution < 1.29 is 13.2 Å². The zero-order chi connectivity index (χ0) is 21.1. The van der Waals surface area contributed by atoms with Crippen molar-refractivity contribution in [2.24, 2.45) is 5.92 Å². The molecule has 0 spiro atoms. The molecule has 0 bridgehead atoms. The number of aryl methyl sites for hydroxylation is 3. The van der Waals surface area contributed by atoms with Gasteiger partial charge in [0.1, 0.15) is 0 Å². The summed E-state index contributed by atoms with van der Waals surface area (Å²) in [5.74, 6) is 0.0187. The van der Waals surface area contributed by atoms with Crippen LogP contribution in [0.2, 0.25) is 0 Å². The minimum absolute atomic E-state index is 0.107. The maximum Gasteiger partial charge on any atom is 0.251 e. The lowest BCUT2D eigenvalue weighted by Crippen LogP contribution is -2.43. The molecule has 0 aromatic heterocycles. The number of nitrogens with zero attached hydrogens (tertiary/aromatic N) is 1. The molecular weight excluding hydrogens is 396 g/mol. The Hall–Kier alpha value is -2.18. The second-order valence-corrected chi connectivity index (χ2v) is 10.5. The van der Waals surface area contributed by atoms with E-state index in [2.05, 4.69) is 5.32 Å². The van der Waals surface area contributed by atoms with Crippen LogP contribution in [0, 0.1) is 12.8 Å². The van der Waals surface area contributed by atoms with Gasteiger partial charge in [-0.05, 0) is 86.8 Å². The van der Waals surface area contributed by atoms with Gasteiger partial charge in [-0.15, -0.1) is 0 Å². The predicted molar refractivity (Wildman–Crippen MR) is 118 cm³/mol. The van der Waals surface area contributed by atoms with E-state index >= 15 is 0 Å². The molecule has 0 radical (unpaired) electrons. The second-order valence-electron chi connectivity index (χ2n) is 8.58. The van der Waals surface area contributed by atoms with Gasteiger partial charge in [-0.3, -0.25) is 4.79 Å². The number of rotatable bonds is 5. The van der Waals surface area contributed by atoms with E-state index < -0.39 is 10.0 Å². The van der Waals surface area contributed by atoms with Gasteiger partial charge in [0.2, 0.25) is 10.0 Å². The maximum absolute atomic E-state index is 13.2. The molecule has 1 aliphatic heterocycles. The Kier molecular flexibility index (Phi) is 6.25. The normalized spacial score (nSPS) is 19.8. The average molecular weight is 427 g/mol. The highest BCUT2D eigenvalue weighted by Crippen LogP contribution is 2.28. The van der Waals surface area contributed by atoms with Gasteiger partial charge >= 0.3 is 0 Å². The van der Waals surface area contributed by atoms with Gasteiger partial charge in [0.05, 0.1) is 4.90 Å². The van der Waals surface area contributed by atoms with Crippen molar-refractivity contribution >= 4 is 15.9 Å². The van der Waals surface area contributed by atoms with Crippen LogP contribution in [0.15, 0.2) is 47.4 Å². The summed E-state index contributed by atoms with van der Waals surface area (Å²) in [6, 6.07) is 13.1. The van der Waals surface area contributed by atoms with E-state index in [-0.39, 0.29) is 11.8 Å². The summed E-state index contributed by atoms with van der Waals surface area (Å²) >= 11 is 0. The highest BCUT2D eigenvalue weighted by Gasteiger charge is 2.31. The summed E-state index contributed by atoms with van der Waals surface area (Å²) in [7, 11) is -3.50. The summed E-state index contributed by atoms with van der Waals surface area (Å²) < 4.78 is 28.1. The molecule has 6 heteroatoms. The molecule has 2 aromatic carbocycles. The van der Waals surface area contributed by atoms with E-state index in [9.17, 15) is 13.2 Å². The fourth-order valence-electron chi connectivity index (χ4n) is 4.48. The number of hydrogen-bond donors (Lipinski definition) is 1. The van der Waals surface area contributed by atoms with Crippen LogP contribution in [0.4, 0.5) is 0 Å². The standard InChI is InChI=1S/C24H30N2O3S/c1-18-8-10-21(11-9-18)24(27)25-16-19-5-4-14-26(17-19)30(28,29)23-13-12-20-6-2-3-7-22(20)15-23/h8-13,15,19H,2-7,14,16-17H2,1H3,(H,25,27)/t19-/m1/s1. The summed E-state index contributed by atoms with van der Waals surface area (Å²) in [4.78, 5) is 12.8. The van der Waals surface area contributed by atoms with Crippen LogP contribution in [0.25, 0.3) is 0 Å². The van der Waals surface area contributed by atoms with Crippen LogP contribution in [0.1, 0.15) is 52.7 Å². The zero-order valence-corrected chi connectivity index (χ0v) is 18.4. The number of sulfonamides is 1. The minimum atomic E-state index is -3.50.